The first kappa shape index (κ1) is 22.6. The summed E-state index contributed by atoms with van der Waals surface area (Å²) in [7, 11) is 2.92. The number of aromatic nitrogens is 1. The highest BCUT2D eigenvalue weighted by molar-refractivity contribution is 5.93. The fraction of sp³-hybridized carbons (Fsp3) is 0.115. The Morgan fingerprint density at radius 1 is 1.06 bits per heavy atom. The van der Waals surface area contributed by atoms with E-state index in [9.17, 15) is 9.59 Å². The van der Waals surface area contributed by atoms with Crippen molar-refractivity contribution in [1.82, 2.24) is 10.3 Å². The lowest BCUT2D eigenvalue weighted by Crippen LogP contribution is -2.19. The quantitative estimate of drug-likeness (QED) is 0.315. The van der Waals surface area contributed by atoms with Crippen molar-refractivity contribution in [2.24, 2.45) is 0 Å². The van der Waals surface area contributed by atoms with Crippen LogP contribution in [0.3, 0.4) is 0 Å². The van der Waals surface area contributed by atoms with Crippen molar-refractivity contribution in [2.75, 3.05) is 20.0 Å². The zero-order valence-electron chi connectivity index (χ0n) is 18.7. The molecule has 0 unspecified atom stereocenters. The van der Waals surface area contributed by atoms with Gasteiger partial charge in [0.15, 0.2) is 11.3 Å². The van der Waals surface area contributed by atoms with Crippen molar-refractivity contribution >= 4 is 34.7 Å². The second kappa shape index (κ2) is 9.91. The van der Waals surface area contributed by atoms with E-state index in [0.717, 1.165) is 22.1 Å². The van der Waals surface area contributed by atoms with Gasteiger partial charge in [0.2, 0.25) is 5.91 Å². The Labute approximate surface area is 196 Å². The summed E-state index contributed by atoms with van der Waals surface area (Å²) in [5.41, 5.74) is 9.20. The second-order valence-electron chi connectivity index (χ2n) is 7.45. The minimum atomic E-state index is -0.388. The van der Waals surface area contributed by atoms with E-state index in [1.807, 2.05) is 30.3 Å². The maximum atomic E-state index is 12.2. The summed E-state index contributed by atoms with van der Waals surface area (Å²) in [5, 5.41) is 3.63. The highest BCUT2D eigenvalue weighted by Crippen LogP contribution is 2.34. The van der Waals surface area contributed by atoms with Gasteiger partial charge in [-0.1, -0.05) is 12.1 Å². The molecule has 8 heteroatoms. The summed E-state index contributed by atoms with van der Waals surface area (Å²) in [5.74, 6) is 0.917. The Bertz CT molecular complexity index is 1360. The minimum Gasteiger partial charge on any atom is -0.493 e. The molecule has 34 heavy (non-hydrogen) atoms. The monoisotopic (exact) mass is 457 g/mol. The number of furan rings is 1. The normalized spacial score (nSPS) is 11.0. The molecule has 0 radical (unpaired) electrons. The lowest BCUT2D eigenvalue weighted by atomic mass is 10.0. The summed E-state index contributed by atoms with van der Waals surface area (Å²) < 4.78 is 16.2. The minimum absolute atomic E-state index is 0.212. The van der Waals surface area contributed by atoms with Crippen LogP contribution in [0.5, 0.6) is 5.75 Å². The van der Waals surface area contributed by atoms with Crippen LogP contribution in [0.4, 0.5) is 5.82 Å². The Kier molecular flexibility index (Phi) is 6.59. The van der Waals surface area contributed by atoms with Gasteiger partial charge in [-0.2, -0.15) is 0 Å². The summed E-state index contributed by atoms with van der Waals surface area (Å²) in [6.45, 7) is 0.212. The molecule has 0 atom stereocenters. The maximum Gasteiger partial charge on any atom is 0.337 e. The number of ether oxygens (including phenoxy) is 2. The van der Waals surface area contributed by atoms with E-state index >= 15 is 0 Å². The van der Waals surface area contributed by atoms with Crippen molar-refractivity contribution in [3.8, 4) is 16.9 Å². The molecule has 0 spiro atoms. The van der Waals surface area contributed by atoms with Gasteiger partial charge < -0.3 is 24.9 Å². The molecule has 3 N–H and O–H groups in total. The number of nitrogen functional groups attached to an aromatic ring is 1. The molecule has 0 aliphatic heterocycles. The smallest absolute Gasteiger partial charge is 0.337 e. The van der Waals surface area contributed by atoms with Crippen LogP contribution in [0.2, 0.25) is 0 Å². The zero-order valence-corrected chi connectivity index (χ0v) is 18.7. The van der Waals surface area contributed by atoms with Gasteiger partial charge >= 0.3 is 5.97 Å². The number of amides is 1. The Morgan fingerprint density at radius 2 is 1.85 bits per heavy atom. The number of hydrogen-bond acceptors (Lipinski definition) is 7. The fourth-order valence-corrected chi connectivity index (χ4v) is 3.42. The van der Waals surface area contributed by atoms with Crippen molar-refractivity contribution < 1.29 is 23.5 Å². The fourth-order valence-electron chi connectivity index (χ4n) is 3.42. The molecule has 2 aromatic heterocycles. The van der Waals surface area contributed by atoms with E-state index < -0.39 is 0 Å². The van der Waals surface area contributed by atoms with Gasteiger partial charge in [0, 0.05) is 17.7 Å². The summed E-state index contributed by atoms with van der Waals surface area (Å²) in [6.07, 6.45) is 4.67. The zero-order chi connectivity index (χ0) is 24.1. The Hall–Kier alpha value is -4.59. The van der Waals surface area contributed by atoms with Crippen LogP contribution in [-0.4, -0.2) is 31.1 Å². The van der Waals surface area contributed by atoms with E-state index in [-0.39, 0.29) is 18.4 Å². The van der Waals surface area contributed by atoms with Crippen molar-refractivity contribution in [2.45, 2.75) is 6.54 Å². The summed E-state index contributed by atoms with van der Waals surface area (Å²) in [6, 6.07) is 16.2. The molecular weight excluding hydrogens is 434 g/mol. The van der Waals surface area contributed by atoms with Crippen molar-refractivity contribution in [3.63, 3.8) is 0 Å². The number of nitrogens with two attached hydrogens (primary N) is 1. The third-order valence-corrected chi connectivity index (χ3v) is 5.17. The largest absolute Gasteiger partial charge is 0.493 e. The number of hydrogen-bond donors (Lipinski definition) is 2. The summed E-state index contributed by atoms with van der Waals surface area (Å²) >= 11 is 0. The first-order chi connectivity index (χ1) is 16.5. The number of methoxy groups -OCH3 is 2. The number of anilines is 1. The molecule has 8 nitrogen and oxygen atoms in total. The molecule has 4 rings (SSSR count). The Balaban J connectivity index is 1.50. The SMILES string of the molecule is COC(=O)c1ccc(-c2cc(OC)c3oc(CNC(=O)C=Cc4ccc(N)nc4)cc3c2)cc1. The van der Waals surface area contributed by atoms with Crippen molar-refractivity contribution in [1.29, 1.82) is 0 Å². The standard InChI is InChI=1S/C26H23N3O5/c1-32-22-13-19(17-5-7-18(8-6-17)26(31)33-2)11-20-12-21(34-25(20)22)15-29-24(30)10-4-16-3-9-23(27)28-14-16/h3-14H,15H2,1-2H3,(H2,27,28)(H,29,30). The molecule has 0 saturated heterocycles. The average Bonchev–Trinajstić information content (AvgIpc) is 3.29. The average molecular weight is 457 g/mol. The third kappa shape index (κ3) is 5.07. The highest BCUT2D eigenvalue weighted by Gasteiger charge is 2.13. The van der Waals surface area contributed by atoms with E-state index in [4.69, 9.17) is 19.6 Å². The van der Waals surface area contributed by atoms with Crippen LogP contribution in [0, 0.1) is 0 Å². The predicted octanol–water partition coefficient (Wildman–Crippen LogP) is 4.20. The molecule has 0 bridgehead atoms. The highest BCUT2D eigenvalue weighted by atomic mass is 16.5. The van der Waals surface area contributed by atoms with Crippen molar-refractivity contribution in [3.05, 3.63) is 83.8 Å². The van der Waals surface area contributed by atoms with Gasteiger partial charge in [-0.3, -0.25) is 4.79 Å². The number of nitrogens with one attached hydrogen (secondary N) is 1. The topological polar surface area (TPSA) is 117 Å². The van der Waals surface area contributed by atoms with E-state index in [1.165, 1.54) is 13.2 Å². The van der Waals surface area contributed by atoms with Crippen LogP contribution in [0.15, 0.2) is 71.3 Å². The lowest BCUT2D eigenvalue weighted by Gasteiger charge is -2.07. The van der Waals surface area contributed by atoms with Gasteiger partial charge in [0.05, 0.1) is 26.3 Å². The van der Waals surface area contributed by atoms with Crippen LogP contribution in [0.1, 0.15) is 21.7 Å². The molecule has 0 saturated carbocycles. The molecule has 0 aliphatic rings. The van der Waals surface area contributed by atoms with Gasteiger partial charge in [-0.25, -0.2) is 9.78 Å². The van der Waals surface area contributed by atoms with Gasteiger partial charge in [-0.15, -0.1) is 0 Å². The molecule has 2 aromatic carbocycles. The van der Waals surface area contributed by atoms with E-state index in [1.54, 1.807) is 43.6 Å². The molecule has 2 heterocycles. The van der Waals surface area contributed by atoms with E-state index in [2.05, 4.69) is 10.3 Å². The number of esters is 1. The summed E-state index contributed by atoms with van der Waals surface area (Å²) in [4.78, 5) is 27.9. The first-order valence-electron chi connectivity index (χ1n) is 10.4. The second-order valence-corrected chi connectivity index (χ2v) is 7.45. The first-order valence-corrected chi connectivity index (χ1v) is 10.4. The van der Waals surface area contributed by atoms with Gasteiger partial charge in [-0.05, 0) is 65.2 Å². The predicted molar refractivity (Wildman–Crippen MR) is 129 cm³/mol. The maximum absolute atomic E-state index is 12.2. The number of rotatable bonds is 7. The number of carbonyl (C=O) groups is 2. The molecular formula is C26H23N3O5. The molecule has 172 valence electrons. The molecule has 4 aromatic rings. The Morgan fingerprint density at radius 3 is 2.53 bits per heavy atom. The number of carbonyl (C=O) groups excluding carboxylic acids is 2. The van der Waals surface area contributed by atoms with Crippen LogP contribution < -0.4 is 15.8 Å². The van der Waals surface area contributed by atoms with Crippen LogP contribution in [0.25, 0.3) is 28.2 Å². The molecule has 0 aliphatic carbocycles. The van der Waals surface area contributed by atoms with Crippen LogP contribution in [-0.2, 0) is 16.1 Å². The van der Waals surface area contributed by atoms with Gasteiger partial charge in [0.1, 0.15) is 11.6 Å². The number of fused-ring (bicyclic) bond motifs is 1. The molecule has 1 amide bonds. The number of nitrogens with zero attached hydrogens (tertiary/aromatic N) is 1. The number of pyridine rings is 1. The number of benzene rings is 2. The molecule has 0 fully saturated rings. The van der Waals surface area contributed by atoms with Crippen LogP contribution >= 0.6 is 0 Å². The third-order valence-electron chi connectivity index (χ3n) is 5.17. The van der Waals surface area contributed by atoms with Gasteiger partial charge in [0.25, 0.3) is 0 Å². The lowest BCUT2D eigenvalue weighted by molar-refractivity contribution is -0.116. The van der Waals surface area contributed by atoms with E-state index in [0.29, 0.717) is 28.5 Å².